The first kappa shape index (κ1) is 14.4. The predicted molar refractivity (Wildman–Crippen MR) is 64.2 cm³/mol. The Morgan fingerprint density at radius 1 is 1.47 bits per heavy atom. The highest BCUT2D eigenvalue weighted by Gasteiger charge is 2.19. The molecule has 0 bridgehead atoms. The van der Waals surface area contributed by atoms with Crippen LogP contribution in [0, 0.1) is 5.41 Å². The molecule has 0 heterocycles. The van der Waals surface area contributed by atoms with Crippen LogP contribution in [0.25, 0.3) is 0 Å². The molecule has 0 fully saturated rings. The maximum atomic E-state index is 8.84. The zero-order valence-electron chi connectivity index (χ0n) is 10.2. The average Bonchev–Trinajstić information content (AvgIpc) is 2.15. The summed E-state index contributed by atoms with van der Waals surface area (Å²) in [5.41, 5.74) is 5.44. The lowest BCUT2D eigenvalue weighted by Gasteiger charge is -2.34. The Hall–Kier alpha value is -0.610. The highest BCUT2D eigenvalue weighted by atomic mass is 16.3. The number of amidine groups is 1. The summed E-state index contributed by atoms with van der Waals surface area (Å²) in [6.07, 6.45) is 2.40. The summed E-state index contributed by atoms with van der Waals surface area (Å²) in [6.45, 7) is 7.49. The maximum Gasteiger partial charge on any atom is 0.0921 e. The zero-order chi connectivity index (χ0) is 11.8. The number of rotatable bonds is 8. The van der Waals surface area contributed by atoms with E-state index in [-0.39, 0.29) is 12.4 Å². The van der Waals surface area contributed by atoms with Crippen molar-refractivity contribution < 1.29 is 5.11 Å². The van der Waals surface area contributed by atoms with E-state index in [0.717, 1.165) is 19.4 Å². The molecule has 0 rings (SSSR count). The Balaban J connectivity index is 4.33. The van der Waals surface area contributed by atoms with Gasteiger partial charge in [0.2, 0.25) is 0 Å². The number of hydrogen-bond donors (Lipinski definition) is 3. The summed E-state index contributed by atoms with van der Waals surface area (Å²) < 4.78 is 0. The first-order chi connectivity index (χ1) is 7.02. The Bertz CT molecular complexity index is 183. The summed E-state index contributed by atoms with van der Waals surface area (Å²) in [6, 6.07) is 0.759. The minimum atomic E-state index is 0.222. The minimum Gasteiger partial charge on any atom is -0.396 e. The first-order valence-electron chi connectivity index (χ1n) is 5.72. The van der Waals surface area contributed by atoms with E-state index in [2.05, 4.69) is 25.7 Å². The SMILES string of the molecule is CCC(CC(=N)N)N(CCCO)C(C)C. The van der Waals surface area contributed by atoms with E-state index in [0.29, 0.717) is 18.5 Å². The lowest BCUT2D eigenvalue weighted by Crippen LogP contribution is -2.43. The average molecular weight is 215 g/mol. The van der Waals surface area contributed by atoms with Gasteiger partial charge in [-0.25, -0.2) is 0 Å². The van der Waals surface area contributed by atoms with Crippen LogP contribution < -0.4 is 5.73 Å². The number of hydrogen-bond acceptors (Lipinski definition) is 3. The summed E-state index contributed by atoms with van der Waals surface area (Å²) in [5.74, 6) is 0.247. The van der Waals surface area contributed by atoms with Crippen molar-refractivity contribution in [3.05, 3.63) is 0 Å². The highest BCUT2D eigenvalue weighted by Crippen LogP contribution is 2.13. The van der Waals surface area contributed by atoms with E-state index in [1.807, 2.05) is 0 Å². The standard InChI is InChI=1S/C11H25N3O/c1-4-10(8-11(12)13)14(9(2)3)6-5-7-15/h9-10,15H,4-8H2,1-3H3,(H3,12,13). The number of aliphatic hydroxyl groups is 1. The van der Waals surface area contributed by atoms with Crippen molar-refractivity contribution in [2.45, 2.75) is 52.1 Å². The normalized spacial score (nSPS) is 13.5. The van der Waals surface area contributed by atoms with Crippen molar-refractivity contribution in [3.8, 4) is 0 Å². The van der Waals surface area contributed by atoms with Gasteiger partial charge in [-0.1, -0.05) is 6.92 Å². The topological polar surface area (TPSA) is 73.3 Å². The molecular weight excluding hydrogens is 190 g/mol. The fraction of sp³-hybridized carbons (Fsp3) is 0.909. The molecule has 1 unspecified atom stereocenters. The van der Waals surface area contributed by atoms with Gasteiger partial charge in [0.25, 0.3) is 0 Å². The van der Waals surface area contributed by atoms with Crippen LogP contribution in [-0.4, -0.2) is 41.1 Å². The van der Waals surface area contributed by atoms with Crippen molar-refractivity contribution >= 4 is 5.84 Å². The van der Waals surface area contributed by atoms with Gasteiger partial charge in [-0.15, -0.1) is 0 Å². The van der Waals surface area contributed by atoms with Crippen LogP contribution in [-0.2, 0) is 0 Å². The summed E-state index contributed by atoms with van der Waals surface area (Å²) in [7, 11) is 0. The summed E-state index contributed by atoms with van der Waals surface area (Å²) in [4.78, 5) is 2.32. The Morgan fingerprint density at radius 3 is 2.40 bits per heavy atom. The fourth-order valence-electron chi connectivity index (χ4n) is 1.87. The number of aliphatic hydroxyl groups excluding tert-OH is 1. The van der Waals surface area contributed by atoms with Crippen molar-refractivity contribution in [1.29, 1.82) is 5.41 Å². The van der Waals surface area contributed by atoms with E-state index in [1.165, 1.54) is 0 Å². The lowest BCUT2D eigenvalue weighted by molar-refractivity contribution is 0.137. The quantitative estimate of drug-likeness (QED) is 0.420. The molecule has 0 spiro atoms. The molecule has 0 amide bonds. The molecule has 0 aromatic carbocycles. The molecule has 0 saturated heterocycles. The van der Waals surface area contributed by atoms with Crippen molar-refractivity contribution in [2.75, 3.05) is 13.2 Å². The molecule has 0 aromatic rings. The molecule has 0 aromatic heterocycles. The first-order valence-corrected chi connectivity index (χ1v) is 5.72. The molecule has 0 saturated carbocycles. The second-order valence-electron chi connectivity index (χ2n) is 4.20. The largest absolute Gasteiger partial charge is 0.396 e. The van der Waals surface area contributed by atoms with Crippen LogP contribution in [0.5, 0.6) is 0 Å². The molecule has 4 N–H and O–H groups in total. The highest BCUT2D eigenvalue weighted by molar-refractivity contribution is 5.77. The van der Waals surface area contributed by atoms with Gasteiger partial charge in [-0.05, 0) is 26.7 Å². The van der Waals surface area contributed by atoms with E-state index < -0.39 is 0 Å². The predicted octanol–water partition coefficient (Wildman–Crippen LogP) is 1.18. The molecule has 0 aliphatic carbocycles. The van der Waals surface area contributed by atoms with Gasteiger partial charge in [0.1, 0.15) is 0 Å². The van der Waals surface area contributed by atoms with Gasteiger partial charge < -0.3 is 10.8 Å². The Labute approximate surface area is 93.0 Å². The minimum absolute atomic E-state index is 0.222. The van der Waals surface area contributed by atoms with Crippen LogP contribution in [0.4, 0.5) is 0 Å². The summed E-state index contributed by atoms with van der Waals surface area (Å²) in [5, 5.41) is 16.2. The third-order valence-corrected chi connectivity index (χ3v) is 2.63. The van der Waals surface area contributed by atoms with E-state index in [4.69, 9.17) is 16.2 Å². The van der Waals surface area contributed by atoms with E-state index >= 15 is 0 Å². The van der Waals surface area contributed by atoms with Gasteiger partial charge in [0, 0.05) is 31.7 Å². The van der Waals surface area contributed by atoms with Crippen molar-refractivity contribution in [3.63, 3.8) is 0 Å². The summed E-state index contributed by atoms with van der Waals surface area (Å²) >= 11 is 0. The maximum absolute atomic E-state index is 8.84. The Kier molecular flexibility index (Phi) is 7.34. The number of nitrogens with one attached hydrogen (secondary N) is 1. The van der Waals surface area contributed by atoms with E-state index in [9.17, 15) is 0 Å². The van der Waals surface area contributed by atoms with Gasteiger partial charge in [-0.3, -0.25) is 10.3 Å². The third-order valence-electron chi connectivity index (χ3n) is 2.63. The fourth-order valence-corrected chi connectivity index (χ4v) is 1.87. The van der Waals surface area contributed by atoms with Crippen molar-refractivity contribution in [1.82, 2.24) is 4.90 Å². The van der Waals surface area contributed by atoms with Crippen molar-refractivity contribution in [2.24, 2.45) is 5.73 Å². The third kappa shape index (κ3) is 5.74. The smallest absolute Gasteiger partial charge is 0.0921 e. The molecular formula is C11H25N3O. The lowest BCUT2D eigenvalue weighted by atomic mass is 10.1. The van der Waals surface area contributed by atoms with Crippen LogP contribution >= 0.6 is 0 Å². The van der Waals surface area contributed by atoms with Crippen LogP contribution in [0.2, 0.25) is 0 Å². The van der Waals surface area contributed by atoms with Gasteiger partial charge in [0.05, 0.1) is 5.84 Å². The van der Waals surface area contributed by atoms with Crippen LogP contribution in [0.1, 0.15) is 40.0 Å². The molecule has 4 heteroatoms. The molecule has 90 valence electrons. The molecule has 0 radical (unpaired) electrons. The van der Waals surface area contributed by atoms with Gasteiger partial charge in [-0.2, -0.15) is 0 Å². The van der Waals surface area contributed by atoms with E-state index in [1.54, 1.807) is 0 Å². The molecule has 0 aliphatic rings. The molecule has 0 aliphatic heterocycles. The number of nitrogens with zero attached hydrogens (tertiary/aromatic N) is 1. The number of nitrogens with two attached hydrogens (primary N) is 1. The molecule has 4 nitrogen and oxygen atoms in total. The zero-order valence-corrected chi connectivity index (χ0v) is 10.2. The second kappa shape index (κ2) is 7.65. The Morgan fingerprint density at radius 2 is 2.07 bits per heavy atom. The van der Waals surface area contributed by atoms with Gasteiger partial charge >= 0.3 is 0 Å². The monoisotopic (exact) mass is 215 g/mol. The van der Waals surface area contributed by atoms with Crippen LogP contribution in [0.15, 0.2) is 0 Å². The van der Waals surface area contributed by atoms with Crippen LogP contribution in [0.3, 0.4) is 0 Å². The van der Waals surface area contributed by atoms with Gasteiger partial charge in [0.15, 0.2) is 0 Å². The molecule has 1 atom stereocenters. The second-order valence-corrected chi connectivity index (χ2v) is 4.20. The molecule has 15 heavy (non-hydrogen) atoms.